The van der Waals surface area contributed by atoms with E-state index in [0.717, 1.165) is 27.8 Å². The summed E-state index contributed by atoms with van der Waals surface area (Å²) in [6, 6.07) is 13.4. The number of ketones is 2. The van der Waals surface area contributed by atoms with Gasteiger partial charge >= 0.3 is 0 Å². The molecule has 32 heavy (non-hydrogen) atoms. The quantitative estimate of drug-likeness (QED) is 0.588. The molecular formula is C26H21N3O3. The largest absolute Gasteiger partial charge is 0.424 e. The van der Waals surface area contributed by atoms with E-state index < -0.39 is 0 Å². The number of aromatic nitrogens is 1. The van der Waals surface area contributed by atoms with Crippen LogP contribution in [0.4, 0.5) is 6.01 Å². The van der Waals surface area contributed by atoms with E-state index in [1.54, 1.807) is 18.2 Å². The van der Waals surface area contributed by atoms with E-state index in [1.807, 2.05) is 42.5 Å². The molecule has 2 aliphatic rings. The van der Waals surface area contributed by atoms with Crippen molar-refractivity contribution >= 4 is 41.5 Å². The Morgan fingerprint density at radius 1 is 0.969 bits per heavy atom. The summed E-state index contributed by atoms with van der Waals surface area (Å²) in [4.78, 5) is 28.1. The Balaban J connectivity index is 0.000000207. The molecule has 0 aliphatic heterocycles. The molecule has 6 heteroatoms. The molecule has 3 N–H and O–H groups in total. The van der Waals surface area contributed by atoms with Crippen molar-refractivity contribution in [2.45, 2.75) is 12.8 Å². The highest BCUT2D eigenvalue weighted by Crippen LogP contribution is 2.29. The van der Waals surface area contributed by atoms with Crippen molar-refractivity contribution in [2.75, 3.05) is 5.73 Å². The van der Waals surface area contributed by atoms with Gasteiger partial charge in [-0.1, -0.05) is 49.6 Å². The maximum Gasteiger partial charge on any atom is 0.292 e. The number of nitrogens with zero attached hydrogens (tertiary/aromatic N) is 1. The summed E-state index contributed by atoms with van der Waals surface area (Å²) in [5.74, 6) is 0.430. The van der Waals surface area contributed by atoms with Crippen molar-refractivity contribution in [1.29, 1.82) is 5.41 Å². The van der Waals surface area contributed by atoms with Gasteiger partial charge in [0.1, 0.15) is 5.69 Å². The first-order chi connectivity index (χ1) is 15.4. The van der Waals surface area contributed by atoms with Crippen molar-refractivity contribution in [3.05, 3.63) is 100 Å². The highest BCUT2D eigenvalue weighted by atomic mass is 16.4. The minimum atomic E-state index is -0.198. The molecule has 6 nitrogen and oxygen atoms in total. The first-order valence-electron chi connectivity index (χ1n) is 10.0. The zero-order valence-electron chi connectivity index (χ0n) is 17.4. The van der Waals surface area contributed by atoms with Crippen molar-refractivity contribution in [3.8, 4) is 0 Å². The normalized spacial score (nSPS) is 15.2. The Morgan fingerprint density at radius 3 is 2.41 bits per heavy atom. The summed E-state index contributed by atoms with van der Waals surface area (Å²) in [7, 11) is 0. The molecule has 0 atom stereocenters. The molecule has 158 valence electrons. The lowest BCUT2D eigenvalue weighted by Gasteiger charge is -2.01. The van der Waals surface area contributed by atoms with Gasteiger partial charge in [0.2, 0.25) is 5.78 Å². The van der Waals surface area contributed by atoms with Crippen LogP contribution >= 0.6 is 0 Å². The fraction of sp³-hybridized carbons (Fsp3) is 0.0769. The first-order valence-corrected chi connectivity index (χ1v) is 10.0. The fourth-order valence-corrected chi connectivity index (χ4v) is 3.81. The number of hydrogen-bond acceptors (Lipinski definition) is 6. The topological polar surface area (TPSA) is 110 Å². The number of fused-ring (bicyclic) bond motifs is 2. The lowest BCUT2D eigenvalue weighted by molar-refractivity contribution is 0.103. The number of nitrogens with one attached hydrogen (secondary N) is 1. The van der Waals surface area contributed by atoms with Crippen LogP contribution in [0.3, 0.4) is 0 Å². The summed E-state index contributed by atoms with van der Waals surface area (Å²) in [5, 5.41) is 7.64. The molecule has 0 saturated heterocycles. The third kappa shape index (κ3) is 3.86. The van der Waals surface area contributed by atoms with Gasteiger partial charge in [-0.2, -0.15) is 4.98 Å². The second kappa shape index (κ2) is 8.43. The average molecular weight is 423 g/mol. The number of oxazole rings is 1. The Bertz CT molecular complexity index is 1300. The molecule has 1 heterocycles. The van der Waals surface area contributed by atoms with E-state index in [4.69, 9.17) is 15.6 Å². The van der Waals surface area contributed by atoms with Gasteiger partial charge in [-0.3, -0.25) is 9.59 Å². The van der Waals surface area contributed by atoms with Crippen molar-refractivity contribution in [3.63, 3.8) is 0 Å². The van der Waals surface area contributed by atoms with E-state index >= 15 is 0 Å². The molecule has 0 bridgehead atoms. The zero-order chi connectivity index (χ0) is 22.8. The number of rotatable bonds is 3. The Hall–Kier alpha value is -4.32. The molecule has 2 aliphatic carbocycles. The van der Waals surface area contributed by atoms with Crippen molar-refractivity contribution in [2.24, 2.45) is 0 Å². The van der Waals surface area contributed by atoms with Gasteiger partial charge in [0.15, 0.2) is 11.5 Å². The van der Waals surface area contributed by atoms with Crippen LogP contribution in [0, 0.1) is 5.41 Å². The Labute approximate surface area is 185 Å². The summed E-state index contributed by atoms with van der Waals surface area (Å²) in [6.45, 7) is 7.04. The number of carbonyl (C=O) groups is 2. The standard InChI is InChI=1S/C19H13NO2.C7H8N2O/c20-17-10-13-6-5-11(8-16(13)19(17)22)7-14-9-12-3-1-2-4-15(12)18(14)21;1-3-5-6(4-2)10-7(8)9-5/h1-8,20H,9-10H2;3-4H,1-2H2,(H2,8,9). The lowest BCUT2D eigenvalue weighted by atomic mass is 10.0. The number of carbonyl (C=O) groups excluding carboxylic acids is 2. The Morgan fingerprint density at radius 2 is 1.72 bits per heavy atom. The average Bonchev–Trinajstić information content (AvgIpc) is 3.42. The summed E-state index contributed by atoms with van der Waals surface area (Å²) >= 11 is 0. The molecule has 0 radical (unpaired) electrons. The van der Waals surface area contributed by atoms with Crippen LogP contribution in [0.5, 0.6) is 0 Å². The third-order valence-electron chi connectivity index (χ3n) is 5.37. The minimum absolute atomic E-state index is 0.0650. The fourth-order valence-electron chi connectivity index (χ4n) is 3.81. The van der Waals surface area contributed by atoms with E-state index in [9.17, 15) is 9.59 Å². The number of benzene rings is 2. The van der Waals surface area contributed by atoms with Gasteiger partial charge in [-0.05, 0) is 41.0 Å². The zero-order valence-corrected chi connectivity index (χ0v) is 17.4. The third-order valence-corrected chi connectivity index (χ3v) is 5.37. The molecule has 0 saturated carbocycles. The molecular weight excluding hydrogens is 402 g/mol. The molecule has 0 unspecified atom stereocenters. The molecule has 0 amide bonds. The highest BCUT2D eigenvalue weighted by Gasteiger charge is 2.26. The minimum Gasteiger partial charge on any atom is -0.424 e. The van der Waals surface area contributed by atoms with Crippen LogP contribution in [0.25, 0.3) is 18.2 Å². The maximum absolute atomic E-state index is 12.4. The van der Waals surface area contributed by atoms with E-state index in [1.165, 1.54) is 0 Å². The van der Waals surface area contributed by atoms with Crippen LogP contribution < -0.4 is 5.73 Å². The van der Waals surface area contributed by atoms with Crippen LogP contribution in [0.1, 0.15) is 48.9 Å². The molecule has 1 aromatic heterocycles. The molecule has 0 fully saturated rings. The van der Waals surface area contributed by atoms with Gasteiger partial charge in [0.05, 0.1) is 5.71 Å². The van der Waals surface area contributed by atoms with Crippen LogP contribution in [0.2, 0.25) is 0 Å². The van der Waals surface area contributed by atoms with Crippen LogP contribution in [0.15, 0.2) is 65.6 Å². The summed E-state index contributed by atoms with van der Waals surface area (Å²) in [5.41, 5.74) is 11.0. The summed E-state index contributed by atoms with van der Waals surface area (Å²) in [6.07, 6.45) is 6.01. The predicted octanol–water partition coefficient (Wildman–Crippen LogP) is 4.81. The van der Waals surface area contributed by atoms with Gasteiger partial charge in [-0.15, -0.1) is 0 Å². The molecule has 0 spiro atoms. The van der Waals surface area contributed by atoms with Crippen LogP contribution in [-0.4, -0.2) is 22.3 Å². The molecule has 2 aromatic carbocycles. The van der Waals surface area contributed by atoms with Gasteiger partial charge in [-0.25, -0.2) is 0 Å². The van der Waals surface area contributed by atoms with E-state index in [2.05, 4.69) is 18.1 Å². The predicted molar refractivity (Wildman–Crippen MR) is 126 cm³/mol. The first kappa shape index (κ1) is 20.9. The number of nitrogens with two attached hydrogens (primary N) is 1. The highest BCUT2D eigenvalue weighted by molar-refractivity contribution is 6.48. The SMILES string of the molecule is C=Cc1nc(N)oc1C=C.N=C1Cc2ccc(C=C3Cc4ccccc4C3=O)cc2C1=O. The van der Waals surface area contributed by atoms with Crippen molar-refractivity contribution in [1.82, 2.24) is 4.98 Å². The molecule has 5 rings (SSSR count). The van der Waals surface area contributed by atoms with Gasteiger partial charge < -0.3 is 15.6 Å². The number of nitrogen functional groups attached to an aromatic ring is 1. The number of anilines is 1. The van der Waals surface area contributed by atoms with Crippen molar-refractivity contribution < 1.29 is 14.0 Å². The lowest BCUT2D eigenvalue weighted by Crippen LogP contribution is -2.04. The van der Waals surface area contributed by atoms with Crippen LogP contribution in [-0.2, 0) is 12.8 Å². The molecule has 3 aromatic rings. The van der Waals surface area contributed by atoms with E-state index in [0.29, 0.717) is 29.9 Å². The Kier molecular flexibility index (Phi) is 5.52. The summed E-state index contributed by atoms with van der Waals surface area (Å²) < 4.78 is 4.93. The van der Waals surface area contributed by atoms with Gasteiger partial charge in [0, 0.05) is 29.5 Å². The monoisotopic (exact) mass is 423 g/mol. The second-order valence-corrected chi connectivity index (χ2v) is 7.44. The maximum atomic E-state index is 12.4. The van der Waals surface area contributed by atoms with E-state index in [-0.39, 0.29) is 23.3 Å². The smallest absolute Gasteiger partial charge is 0.292 e. The van der Waals surface area contributed by atoms with Gasteiger partial charge in [0.25, 0.3) is 6.01 Å². The number of hydrogen-bond donors (Lipinski definition) is 2. The number of Topliss-reactive ketones (excluding diaryl/α,β-unsaturated/α-hetero) is 2. The second-order valence-electron chi connectivity index (χ2n) is 7.44. The number of allylic oxidation sites excluding steroid dienone is 1.